The van der Waals surface area contributed by atoms with Crippen molar-refractivity contribution >= 4 is 23.1 Å². The van der Waals surface area contributed by atoms with E-state index >= 15 is 0 Å². The van der Waals surface area contributed by atoms with Gasteiger partial charge in [0.05, 0.1) is 11.1 Å². The second-order valence-corrected chi connectivity index (χ2v) is 7.16. The number of hydrogen-bond donors (Lipinski definition) is 1. The van der Waals surface area contributed by atoms with Crippen molar-refractivity contribution in [2.75, 3.05) is 11.5 Å². The van der Waals surface area contributed by atoms with Crippen LogP contribution < -0.4 is 0 Å². The molecule has 0 aromatic carbocycles. The average molecular weight is 243 g/mol. The summed E-state index contributed by atoms with van der Waals surface area (Å²) in [5, 5.41) is 10.5. The molecular formula is C11H17NOS2. The summed E-state index contributed by atoms with van der Waals surface area (Å²) in [4.78, 5) is 5.25. The van der Waals surface area contributed by atoms with Crippen LogP contribution in [0.1, 0.15) is 25.1 Å². The molecule has 15 heavy (non-hydrogen) atoms. The molecule has 0 spiro atoms. The Labute approximate surface area is 99.1 Å². The summed E-state index contributed by atoms with van der Waals surface area (Å²) < 4.78 is 0. The number of aromatic nitrogens is 1. The molecule has 0 bridgehead atoms. The van der Waals surface area contributed by atoms with E-state index in [4.69, 9.17) is 0 Å². The summed E-state index contributed by atoms with van der Waals surface area (Å²) in [5.41, 5.74) is 1.56. The van der Waals surface area contributed by atoms with E-state index in [1.54, 1.807) is 11.3 Å². The largest absolute Gasteiger partial charge is 0.389 e. The molecule has 4 heteroatoms. The Kier molecular flexibility index (Phi) is 3.10. The van der Waals surface area contributed by atoms with Crippen molar-refractivity contribution in [2.45, 2.75) is 32.3 Å². The van der Waals surface area contributed by atoms with Crippen LogP contribution in [0.25, 0.3) is 0 Å². The molecule has 1 unspecified atom stereocenters. The first-order valence-electron chi connectivity index (χ1n) is 5.17. The van der Waals surface area contributed by atoms with E-state index < -0.39 is 5.60 Å². The van der Waals surface area contributed by atoms with Crippen molar-refractivity contribution < 1.29 is 5.11 Å². The van der Waals surface area contributed by atoms with Crippen LogP contribution in [0.2, 0.25) is 0 Å². The fourth-order valence-electron chi connectivity index (χ4n) is 2.28. The molecule has 1 fully saturated rings. The number of aliphatic hydroxyl groups is 1. The number of nitrogens with zero attached hydrogens (tertiary/aromatic N) is 1. The predicted molar refractivity (Wildman–Crippen MR) is 66.5 cm³/mol. The van der Waals surface area contributed by atoms with Gasteiger partial charge in [0.2, 0.25) is 0 Å². The lowest BCUT2D eigenvalue weighted by molar-refractivity contribution is 0.0206. The summed E-state index contributed by atoms with van der Waals surface area (Å²) in [5.74, 6) is 2.01. The minimum Gasteiger partial charge on any atom is -0.389 e. The SMILES string of the molecule is CC1(C)CSCC(O)(Cc2cncs2)C1. The quantitative estimate of drug-likeness (QED) is 0.866. The van der Waals surface area contributed by atoms with Crippen LogP contribution in [0.15, 0.2) is 11.7 Å². The van der Waals surface area contributed by atoms with Gasteiger partial charge < -0.3 is 5.11 Å². The van der Waals surface area contributed by atoms with Crippen LogP contribution in [-0.4, -0.2) is 27.2 Å². The van der Waals surface area contributed by atoms with Gasteiger partial charge in [-0.15, -0.1) is 11.3 Å². The van der Waals surface area contributed by atoms with Crippen molar-refractivity contribution in [3.63, 3.8) is 0 Å². The molecule has 0 radical (unpaired) electrons. The molecule has 2 nitrogen and oxygen atoms in total. The molecule has 1 N–H and O–H groups in total. The van der Waals surface area contributed by atoms with Gasteiger partial charge in [-0.1, -0.05) is 13.8 Å². The highest BCUT2D eigenvalue weighted by atomic mass is 32.2. The first-order chi connectivity index (χ1) is 6.99. The van der Waals surface area contributed by atoms with E-state index in [0.29, 0.717) is 0 Å². The van der Waals surface area contributed by atoms with Crippen LogP contribution in [0, 0.1) is 5.41 Å². The minimum atomic E-state index is -0.529. The molecule has 2 rings (SSSR count). The summed E-state index contributed by atoms with van der Waals surface area (Å²) in [6.07, 6.45) is 3.52. The van der Waals surface area contributed by atoms with Crippen LogP contribution in [0.3, 0.4) is 0 Å². The lowest BCUT2D eigenvalue weighted by atomic mass is 9.80. The molecule has 1 aliphatic heterocycles. The van der Waals surface area contributed by atoms with Gasteiger partial charge in [-0.05, 0) is 17.6 Å². The molecule has 0 saturated carbocycles. The fraction of sp³-hybridized carbons (Fsp3) is 0.727. The Hall–Kier alpha value is -0.0600. The van der Waals surface area contributed by atoms with Gasteiger partial charge in [-0.3, -0.25) is 4.98 Å². The Morgan fingerprint density at radius 3 is 2.87 bits per heavy atom. The van der Waals surface area contributed by atoms with Gasteiger partial charge in [0.15, 0.2) is 0 Å². The zero-order valence-electron chi connectivity index (χ0n) is 9.19. The molecule has 0 amide bonds. The molecule has 2 heterocycles. The molecule has 1 atom stereocenters. The smallest absolute Gasteiger partial charge is 0.0794 e. The first-order valence-corrected chi connectivity index (χ1v) is 7.20. The molecule has 0 aliphatic carbocycles. The standard InChI is InChI=1S/C11H17NOS2/c1-10(2)5-11(13,7-14-6-10)3-9-4-12-8-15-9/h4,8,13H,3,5-7H2,1-2H3. The lowest BCUT2D eigenvalue weighted by Crippen LogP contribution is -2.43. The predicted octanol–water partition coefficient (Wildman–Crippen LogP) is 2.58. The number of thiazole rings is 1. The maximum atomic E-state index is 10.5. The number of rotatable bonds is 2. The van der Waals surface area contributed by atoms with Crippen molar-refractivity contribution in [2.24, 2.45) is 5.41 Å². The van der Waals surface area contributed by atoms with Crippen LogP contribution in [0.5, 0.6) is 0 Å². The van der Waals surface area contributed by atoms with Crippen molar-refractivity contribution in [3.05, 3.63) is 16.6 Å². The maximum absolute atomic E-state index is 10.5. The fourth-order valence-corrected chi connectivity index (χ4v) is 4.35. The zero-order valence-corrected chi connectivity index (χ0v) is 10.8. The third-order valence-corrected chi connectivity index (χ3v) is 5.16. The summed E-state index contributed by atoms with van der Waals surface area (Å²) in [6, 6.07) is 0. The highest BCUT2D eigenvalue weighted by molar-refractivity contribution is 7.99. The van der Waals surface area contributed by atoms with Gasteiger partial charge in [0.1, 0.15) is 0 Å². The lowest BCUT2D eigenvalue weighted by Gasteiger charge is -2.40. The van der Waals surface area contributed by atoms with Crippen LogP contribution in [0.4, 0.5) is 0 Å². The number of thioether (sulfide) groups is 1. The average Bonchev–Trinajstić information content (AvgIpc) is 2.52. The molecule has 1 aliphatic rings. The molecule has 1 aromatic heterocycles. The van der Waals surface area contributed by atoms with E-state index in [1.165, 1.54) is 4.88 Å². The normalized spacial score (nSPS) is 30.3. The van der Waals surface area contributed by atoms with E-state index in [9.17, 15) is 5.11 Å². The van der Waals surface area contributed by atoms with Gasteiger partial charge in [-0.25, -0.2) is 0 Å². The summed E-state index contributed by atoms with van der Waals surface area (Å²) >= 11 is 3.50. The van der Waals surface area contributed by atoms with Gasteiger partial charge in [0, 0.05) is 23.2 Å². The summed E-state index contributed by atoms with van der Waals surface area (Å²) in [7, 11) is 0. The van der Waals surface area contributed by atoms with E-state index in [2.05, 4.69) is 18.8 Å². The molecule has 1 saturated heterocycles. The third-order valence-electron chi connectivity index (χ3n) is 2.66. The molecule has 1 aromatic rings. The number of hydrogen-bond acceptors (Lipinski definition) is 4. The van der Waals surface area contributed by atoms with Gasteiger partial charge in [-0.2, -0.15) is 11.8 Å². The topological polar surface area (TPSA) is 33.1 Å². The minimum absolute atomic E-state index is 0.252. The van der Waals surface area contributed by atoms with Gasteiger partial charge in [0.25, 0.3) is 0 Å². The highest BCUT2D eigenvalue weighted by Gasteiger charge is 2.39. The second-order valence-electron chi connectivity index (χ2n) is 5.20. The van der Waals surface area contributed by atoms with Crippen molar-refractivity contribution in [1.29, 1.82) is 0 Å². The van der Waals surface area contributed by atoms with Gasteiger partial charge >= 0.3 is 0 Å². The Morgan fingerprint density at radius 2 is 2.27 bits per heavy atom. The van der Waals surface area contributed by atoms with E-state index in [1.807, 2.05) is 23.5 Å². The highest BCUT2D eigenvalue weighted by Crippen LogP contribution is 2.40. The Morgan fingerprint density at radius 1 is 1.47 bits per heavy atom. The van der Waals surface area contributed by atoms with E-state index in [-0.39, 0.29) is 5.41 Å². The Balaban J connectivity index is 2.06. The van der Waals surface area contributed by atoms with E-state index in [0.717, 1.165) is 24.3 Å². The monoisotopic (exact) mass is 243 g/mol. The van der Waals surface area contributed by atoms with Crippen LogP contribution >= 0.6 is 23.1 Å². The first kappa shape index (κ1) is 11.4. The molecule has 84 valence electrons. The zero-order chi connectivity index (χ0) is 10.9. The van der Waals surface area contributed by atoms with Crippen molar-refractivity contribution in [3.8, 4) is 0 Å². The maximum Gasteiger partial charge on any atom is 0.0794 e. The van der Waals surface area contributed by atoms with Crippen LogP contribution in [-0.2, 0) is 6.42 Å². The molecular weight excluding hydrogens is 226 g/mol. The third kappa shape index (κ3) is 2.95. The second kappa shape index (κ2) is 4.07. The Bertz CT molecular complexity index is 323. The summed E-state index contributed by atoms with van der Waals surface area (Å²) in [6.45, 7) is 4.47. The van der Waals surface area contributed by atoms with Crippen molar-refractivity contribution in [1.82, 2.24) is 4.98 Å².